The molecule has 2 N–H and O–H groups in total. The molecule has 0 radical (unpaired) electrons. The molecule has 0 spiro atoms. The minimum absolute atomic E-state index is 0.112. The first-order valence-electron chi connectivity index (χ1n) is 8.22. The lowest BCUT2D eigenvalue weighted by Gasteiger charge is -2.08. The molecule has 0 unspecified atom stereocenters. The summed E-state index contributed by atoms with van der Waals surface area (Å²) in [4.78, 5) is 24.0. The number of hydrogen-bond donors (Lipinski definition) is 2. The first-order chi connectivity index (χ1) is 13.0. The van der Waals surface area contributed by atoms with Crippen LogP contribution in [0.4, 0.5) is 4.39 Å². The quantitative estimate of drug-likeness (QED) is 0.594. The van der Waals surface area contributed by atoms with E-state index < -0.39 is 5.91 Å². The molecule has 0 atom stereocenters. The zero-order valence-electron chi connectivity index (χ0n) is 14.2. The Morgan fingerprint density at radius 2 is 1.70 bits per heavy atom. The number of rotatable bonds is 5. The van der Waals surface area contributed by atoms with Crippen molar-refractivity contribution in [1.82, 2.24) is 10.9 Å². The maximum Gasteiger partial charge on any atom is 0.270 e. The zero-order chi connectivity index (χ0) is 19.2. The summed E-state index contributed by atoms with van der Waals surface area (Å²) in [6.45, 7) is 0. The highest BCUT2D eigenvalue weighted by atomic mass is 79.9. The third-order valence-corrected chi connectivity index (χ3v) is 4.52. The second-order valence-corrected chi connectivity index (χ2v) is 6.58. The largest absolute Gasteiger partial charge is 0.461 e. The maximum atomic E-state index is 13.8. The molecule has 5 nitrogen and oxygen atoms in total. The van der Waals surface area contributed by atoms with E-state index in [-0.39, 0.29) is 18.1 Å². The van der Waals surface area contributed by atoms with E-state index >= 15 is 0 Å². The van der Waals surface area contributed by atoms with Gasteiger partial charge in [0.1, 0.15) is 17.3 Å². The minimum atomic E-state index is -0.421. The van der Waals surface area contributed by atoms with Crippen molar-refractivity contribution in [3.63, 3.8) is 0 Å². The molecule has 0 bridgehead atoms. The molecule has 0 fully saturated rings. The normalized spacial score (nSPS) is 10.4. The molecule has 7 heteroatoms. The van der Waals surface area contributed by atoms with Gasteiger partial charge >= 0.3 is 0 Å². The Balaban J connectivity index is 1.51. The SMILES string of the molecule is O=C(CCc1ccc(-c2ccccc2F)o1)NNC(=O)c1ccccc1Br. The van der Waals surface area contributed by atoms with Crippen LogP contribution in [0.25, 0.3) is 11.3 Å². The van der Waals surface area contributed by atoms with Crippen LogP contribution in [0.3, 0.4) is 0 Å². The Hall–Kier alpha value is -2.93. The second-order valence-electron chi connectivity index (χ2n) is 5.73. The Bertz CT molecular complexity index is 971. The number of amides is 2. The first kappa shape index (κ1) is 18.8. The van der Waals surface area contributed by atoms with E-state index in [0.29, 0.717) is 33.5 Å². The van der Waals surface area contributed by atoms with Crippen molar-refractivity contribution in [3.05, 3.63) is 82.3 Å². The van der Waals surface area contributed by atoms with E-state index in [1.807, 2.05) is 0 Å². The van der Waals surface area contributed by atoms with Crippen molar-refractivity contribution < 1.29 is 18.4 Å². The molecule has 1 heterocycles. The molecule has 0 aliphatic heterocycles. The molecular weight excluding hydrogens is 415 g/mol. The Labute approximate surface area is 163 Å². The van der Waals surface area contributed by atoms with E-state index in [1.165, 1.54) is 6.07 Å². The number of nitrogens with one attached hydrogen (secondary N) is 2. The van der Waals surface area contributed by atoms with Gasteiger partial charge in [0.05, 0.1) is 11.1 Å². The van der Waals surface area contributed by atoms with Gasteiger partial charge in [-0.15, -0.1) is 0 Å². The molecule has 0 saturated heterocycles. The number of hydrogen-bond acceptors (Lipinski definition) is 3. The first-order valence-corrected chi connectivity index (χ1v) is 9.01. The number of benzene rings is 2. The van der Waals surface area contributed by atoms with E-state index in [2.05, 4.69) is 26.8 Å². The molecule has 2 aromatic carbocycles. The molecule has 0 aliphatic carbocycles. The van der Waals surface area contributed by atoms with Crippen LogP contribution in [-0.4, -0.2) is 11.8 Å². The lowest BCUT2D eigenvalue weighted by atomic mass is 10.1. The average Bonchev–Trinajstić information content (AvgIpc) is 3.14. The fourth-order valence-electron chi connectivity index (χ4n) is 2.46. The third kappa shape index (κ3) is 4.83. The molecule has 0 aliphatic rings. The van der Waals surface area contributed by atoms with Crippen LogP contribution in [0.2, 0.25) is 0 Å². The number of carbonyl (C=O) groups is 2. The number of aryl methyl sites for hydroxylation is 1. The zero-order valence-corrected chi connectivity index (χ0v) is 15.8. The molecule has 138 valence electrons. The summed E-state index contributed by atoms with van der Waals surface area (Å²) in [6.07, 6.45) is 0.436. The smallest absolute Gasteiger partial charge is 0.270 e. The van der Waals surface area contributed by atoms with Gasteiger partial charge in [-0.25, -0.2) is 4.39 Å². The van der Waals surface area contributed by atoms with Crippen molar-refractivity contribution in [2.75, 3.05) is 0 Å². The van der Waals surface area contributed by atoms with Crippen molar-refractivity contribution >= 4 is 27.7 Å². The third-order valence-electron chi connectivity index (χ3n) is 3.83. The number of halogens is 2. The van der Waals surface area contributed by atoms with Gasteiger partial charge in [0.15, 0.2) is 0 Å². The summed E-state index contributed by atoms with van der Waals surface area (Å²) in [5.74, 6) is -0.188. The summed E-state index contributed by atoms with van der Waals surface area (Å²) in [5, 5.41) is 0. The monoisotopic (exact) mass is 430 g/mol. The van der Waals surface area contributed by atoms with Crippen LogP contribution >= 0.6 is 15.9 Å². The van der Waals surface area contributed by atoms with Crippen molar-refractivity contribution in [3.8, 4) is 11.3 Å². The van der Waals surface area contributed by atoms with E-state index in [4.69, 9.17) is 4.42 Å². The molecular formula is C20H16BrFN2O3. The van der Waals surface area contributed by atoms with Gasteiger partial charge in [-0.1, -0.05) is 24.3 Å². The van der Waals surface area contributed by atoms with Crippen molar-refractivity contribution in [1.29, 1.82) is 0 Å². The van der Waals surface area contributed by atoms with E-state index in [9.17, 15) is 14.0 Å². The van der Waals surface area contributed by atoms with Crippen LogP contribution in [0.15, 0.2) is 69.6 Å². The lowest BCUT2D eigenvalue weighted by molar-refractivity contribution is -0.121. The van der Waals surface area contributed by atoms with Gasteiger partial charge in [-0.2, -0.15) is 0 Å². The fraction of sp³-hybridized carbons (Fsp3) is 0.100. The Morgan fingerprint density at radius 1 is 0.963 bits per heavy atom. The molecule has 2 amide bonds. The molecule has 0 saturated carbocycles. The topological polar surface area (TPSA) is 71.3 Å². The summed E-state index contributed by atoms with van der Waals surface area (Å²) < 4.78 is 20.0. The summed E-state index contributed by atoms with van der Waals surface area (Å²) in [6, 6.07) is 16.6. The van der Waals surface area contributed by atoms with Crippen LogP contribution in [0.1, 0.15) is 22.5 Å². The number of hydrazine groups is 1. The predicted octanol–water partition coefficient (Wildman–Crippen LogP) is 4.24. The summed E-state index contributed by atoms with van der Waals surface area (Å²) in [5.41, 5.74) is 5.52. The molecule has 27 heavy (non-hydrogen) atoms. The van der Waals surface area contributed by atoms with Gasteiger partial charge < -0.3 is 4.42 Å². The van der Waals surface area contributed by atoms with Gasteiger partial charge in [0, 0.05) is 17.3 Å². The predicted molar refractivity (Wildman–Crippen MR) is 102 cm³/mol. The molecule has 3 rings (SSSR count). The van der Waals surface area contributed by atoms with E-state index in [1.54, 1.807) is 54.6 Å². The van der Waals surface area contributed by atoms with Crippen LogP contribution in [-0.2, 0) is 11.2 Å². The average molecular weight is 431 g/mol. The van der Waals surface area contributed by atoms with E-state index in [0.717, 1.165) is 0 Å². The molecule has 1 aromatic heterocycles. The molecule has 3 aromatic rings. The van der Waals surface area contributed by atoms with Crippen LogP contribution < -0.4 is 10.9 Å². The second kappa shape index (κ2) is 8.64. The highest BCUT2D eigenvalue weighted by Gasteiger charge is 2.12. The standard InChI is InChI=1S/C20H16BrFN2O3/c21-16-7-3-1-5-14(16)20(26)24-23-19(25)12-10-13-9-11-18(27-13)15-6-2-4-8-17(15)22/h1-9,11H,10,12H2,(H,23,25)(H,24,26). The Morgan fingerprint density at radius 3 is 2.48 bits per heavy atom. The number of carbonyl (C=O) groups excluding carboxylic acids is 2. The highest BCUT2D eigenvalue weighted by Crippen LogP contribution is 2.25. The minimum Gasteiger partial charge on any atom is -0.461 e. The van der Waals surface area contributed by atoms with Crippen LogP contribution in [0, 0.1) is 5.82 Å². The lowest BCUT2D eigenvalue weighted by Crippen LogP contribution is -2.41. The summed E-state index contributed by atoms with van der Waals surface area (Å²) >= 11 is 3.28. The van der Waals surface area contributed by atoms with Crippen molar-refractivity contribution in [2.45, 2.75) is 12.8 Å². The van der Waals surface area contributed by atoms with Gasteiger partial charge in [0.25, 0.3) is 5.91 Å². The van der Waals surface area contributed by atoms with Gasteiger partial charge in [0.2, 0.25) is 5.91 Å². The van der Waals surface area contributed by atoms with Crippen LogP contribution in [0.5, 0.6) is 0 Å². The number of furan rings is 1. The Kier molecular flexibility index (Phi) is 6.03. The maximum absolute atomic E-state index is 13.8. The van der Waals surface area contributed by atoms with Gasteiger partial charge in [-0.05, 0) is 52.3 Å². The fourth-order valence-corrected chi connectivity index (χ4v) is 2.92. The van der Waals surface area contributed by atoms with Crippen molar-refractivity contribution in [2.24, 2.45) is 0 Å². The van der Waals surface area contributed by atoms with Gasteiger partial charge in [-0.3, -0.25) is 20.4 Å². The highest BCUT2D eigenvalue weighted by molar-refractivity contribution is 9.10. The summed E-state index contributed by atoms with van der Waals surface area (Å²) in [7, 11) is 0.